The lowest BCUT2D eigenvalue weighted by Gasteiger charge is -2.25. The van der Waals surface area contributed by atoms with Gasteiger partial charge in [0.1, 0.15) is 6.54 Å². The Morgan fingerprint density at radius 3 is 2.63 bits per heavy atom. The molecule has 9 heteroatoms. The molecule has 0 aromatic heterocycles. The second-order valence-corrected chi connectivity index (χ2v) is 6.09. The van der Waals surface area contributed by atoms with Crippen molar-refractivity contribution in [2.24, 2.45) is 10.3 Å². The van der Waals surface area contributed by atoms with E-state index in [1.807, 2.05) is 4.72 Å². The lowest BCUT2D eigenvalue weighted by atomic mass is 10.1. The van der Waals surface area contributed by atoms with Gasteiger partial charge in [-0.05, 0) is 6.08 Å². The van der Waals surface area contributed by atoms with Crippen LogP contribution in [0.2, 0.25) is 0 Å². The molecule has 1 aliphatic rings. The summed E-state index contributed by atoms with van der Waals surface area (Å²) in [4.78, 5) is 8.87. The normalized spacial score (nSPS) is 22.8. The highest BCUT2D eigenvalue weighted by Gasteiger charge is 2.42. The topological polar surface area (TPSA) is 111 Å². The Morgan fingerprint density at radius 1 is 1.47 bits per heavy atom. The number of carbonyl (C=O) groups is 1. The Balaban J connectivity index is 3.07. The molecule has 0 radical (unpaired) electrons. The fraction of sp³-hybridized carbons (Fsp3) is 0.500. The van der Waals surface area contributed by atoms with E-state index in [0.717, 1.165) is 0 Å². The summed E-state index contributed by atoms with van der Waals surface area (Å²) in [5, 5.41) is 17.5. The third-order valence-electron chi connectivity index (χ3n) is 2.29. The maximum atomic E-state index is 12.2. The summed E-state index contributed by atoms with van der Waals surface area (Å²) in [7, 11) is -0.776. The van der Waals surface area contributed by atoms with E-state index in [2.05, 4.69) is 10.3 Å². The van der Waals surface area contributed by atoms with E-state index in [9.17, 15) is 13.2 Å². The van der Waals surface area contributed by atoms with Crippen LogP contribution in [0.5, 0.6) is 0 Å². The van der Waals surface area contributed by atoms with Crippen molar-refractivity contribution in [3.8, 4) is 0 Å². The van der Waals surface area contributed by atoms with Crippen molar-refractivity contribution in [3.05, 3.63) is 24.3 Å². The van der Waals surface area contributed by atoms with Gasteiger partial charge < -0.3 is 5.11 Å². The first-order chi connectivity index (χ1) is 8.79. The zero-order valence-electron chi connectivity index (χ0n) is 10.6. The molecule has 1 unspecified atom stereocenters. The first kappa shape index (κ1) is 15.3. The Morgan fingerprint density at radius 2 is 2.16 bits per heavy atom. The predicted molar refractivity (Wildman–Crippen MR) is 68.7 cm³/mol. The first-order valence-electron chi connectivity index (χ1n) is 5.44. The van der Waals surface area contributed by atoms with E-state index in [0.29, 0.717) is 0 Å². The van der Waals surface area contributed by atoms with Gasteiger partial charge in [-0.2, -0.15) is 0 Å². The minimum atomic E-state index is -3.99. The van der Waals surface area contributed by atoms with Gasteiger partial charge in [0.15, 0.2) is 0 Å². The molecule has 0 spiro atoms. The number of hydrogen-bond donors (Lipinski definition) is 2. The summed E-state index contributed by atoms with van der Waals surface area (Å²) in [6.07, 6.45) is 6.34. The van der Waals surface area contributed by atoms with Crippen LogP contribution >= 0.6 is 0 Å². The van der Waals surface area contributed by atoms with Crippen molar-refractivity contribution in [3.63, 3.8) is 0 Å². The molecule has 0 fully saturated rings. The van der Waals surface area contributed by atoms with Crippen molar-refractivity contribution in [1.29, 1.82) is 0 Å². The third kappa shape index (κ3) is 3.86. The van der Waals surface area contributed by atoms with Gasteiger partial charge in [-0.3, -0.25) is 9.80 Å². The SMILES string of the molecule is CN(C)N=NC1(S(=O)(=O)NCC(=O)O)C=CC=CC1. The molecule has 0 bridgehead atoms. The standard InChI is InChI=1S/C10H16N4O4S/c1-14(2)13-12-10(6-4-3-5-7-10)19(17,18)11-8-9(15)16/h3-6,11H,7-8H2,1-2H3,(H,15,16). The number of nitrogens with zero attached hydrogens (tertiary/aromatic N) is 3. The van der Waals surface area contributed by atoms with Crippen LogP contribution in [-0.2, 0) is 14.8 Å². The van der Waals surface area contributed by atoms with Crippen molar-refractivity contribution in [2.75, 3.05) is 20.6 Å². The average molecular weight is 288 g/mol. The van der Waals surface area contributed by atoms with Crippen LogP contribution < -0.4 is 4.72 Å². The second-order valence-electron chi connectivity index (χ2n) is 4.09. The summed E-state index contributed by atoms with van der Waals surface area (Å²) in [5.74, 6) is -1.27. The van der Waals surface area contributed by atoms with Gasteiger partial charge in [0.25, 0.3) is 0 Å². The maximum absolute atomic E-state index is 12.2. The van der Waals surface area contributed by atoms with E-state index in [-0.39, 0.29) is 6.42 Å². The summed E-state index contributed by atoms with van der Waals surface area (Å²) < 4.78 is 26.4. The Kier molecular flexibility index (Phi) is 4.78. The van der Waals surface area contributed by atoms with E-state index < -0.39 is 27.4 Å². The van der Waals surface area contributed by atoms with Gasteiger partial charge >= 0.3 is 5.97 Å². The summed E-state index contributed by atoms with van der Waals surface area (Å²) >= 11 is 0. The molecular weight excluding hydrogens is 272 g/mol. The quantitative estimate of drug-likeness (QED) is 0.533. The summed E-state index contributed by atoms with van der Waals surface area (Å²) in [6.45, 7) is -0.695. The molecule has 1 aliphatic carbocycles. The van der Waals surface area contributed by atoms with Crippen LogP contribution in [0.15, 0.2) is 34.6 Å². The Labute approximate surface area is 111 Å². The minimum absolute atomic E-state index is 0.0930. The van der Waals surface area contributed by atoms with Crippen LogP contribution in [0.25, 0.3) is 0 Å². The van der Waals surface area contributed by atoms with Crippen LogP contribution in [0.4, 0.5) is 0 Å². The lowest BCUT2D eigenvalue weighted by molar-refractivity contribution is -0.135. The second kappa shape index (κ2) is 5.93. The van der Waals surface area contributed by atoms with Gasteiger partial charge in [-0.15, -0.1) is 5.11 Å². The molecule has 1 rings (SSSR count). The molecule has 0 heterocycles. The van der Waals surface area contributed by atoms with Crippen molar-refractivity contribution < 1.29 is 18.3 Å². The number of allylic oxidation sites excluding steroid dienone is 2. The van der Waals surface area contributed by atoms with Gasteiger partial charge in [-0.1, -0.05) is 23.5 Å². The van der Waals surface area contributed by atoms with Crippen LogP contribution in [0.3, 0.4) is 0 Å². The molecule has 1 atom stereocenters. The van der Waals surface area contributed by atoms with Gasteiger partial charge in [0.05, 0.1) is 0 Å². The number of aliphatic carboxylic acids is 1. The molecule has 0 aliphatic heterocycles. The molecule has 0 saturated carbocycles. The zero-order valence-corrected chi connectivity index (χ0v) is 11.5. The number of carboxylic acid groups (broad SMARTS) is 1. The Hall–Kier alpha value is -1.74. The van der Waals surface area contributed by atoms with Crippen LogP contribution in [0, 0.1) is 0 Å². The van der Waals surface area contributed by atoms with Gasteiger partial charge in [-0.25, -0.2) is 13.1 Å². The molecule has 2 N–H and O–H groups in total. The number of sulfonamides is 1. The third-order valence-corrected chi connectivity index (χ3v) is 4.13. The molecule has 0 aromatic carbocycles. The van der Waals surface area contributed by atoms with Gasteiger partial charge in [0, 0.05) is 20.5 Å². The highest BCUT2D eigenvalue weighted by atomic mass is 32.2. The van der Waals surface area contributed by atoms with E-state index in [1.54, 1.807) is 26.2 Å². The number of hydrogen-bond acceptors (Lipinski definition) is 5. The van der Waals surface area contributed by atoms with E-state index >= 15 is 0 Å². The van der Waals surface area contributed by atoms with E-state index in [1.165, 1.54) is 17.2 Å². The molecule has 0 aromatic rings. The fourth-order valence-corrected chi connectivity index (χ4v) is 2.64. The molecule has 106 valence electrons. The maximum Gasteiger partial charge on any atom is 0.318 e. The van der Waals surface area contributed by atoms with E-state index in [4.69, 9.17) is 5.11 Å². The summed E-state index contributed by atoms with van der Waals surface area (Å²) in [5.41, 5.74) is 0. The van der Waals surface area contributed by atoms with Gasteiger partial charge in [0.2, 0.25) is 14.9 Å². The van der Waals surface area contributed by atoms with Crippen molar-refractivity contribution >= 4 is 16.0 Å². The van der Waals surface area contributed by atoms with Crippen molar-refractivity contribution in [2.45, 2.75) is 11.3 Å². The number of rotatable bonds is 6. The predicted octanol–water partition coefficient (Wildman–Crippen LogP) is 0.132. The van der Waals surface area contributed by atoms with Crippen molar-refractivity contribution in [1.82, 2.24) is 9.73 Å². The monoisotopic (exact) mass is 288 g/mol. The molecule has 0 amide bonds. The van der Waals surface area contributed by atoms with Crippen LogP contribution in [-0.4, -0.2) is 50.0 Å². The smallest absolute Gasteiger partial charge is 0.318 e. The molecule has 8 nitrogen and oxygen atoms in total. The lowest BCUT2D eigenvalue weighted by Crippen LogP contribution is -2.45. The largest absolute Gasteiger partial charge is 0.480 e. The summed E-state index contributed by atoms with van der Waals surface area (Å²) in [6, 6.07) is 0. The van der Waals surface area contributed by atoms with Crippen LogP contribution in [0.1, 0.15) is 6.42 Å². The fourth-order valence-electron chi connectivity index (χ4n) is 1.36. The average Bonchev–Trinajstić information content (AvgIpc) is 2.35. The number of carboxylic acids is 1. The Bertz CT molecular complexity index is 524. The highest BCUT2D eigenvalue weighted by molar-refractivity contribution is 7.91. The zero-order chi connectivity index (χ0) is 14.5. The molecule has 19 heavy (non-hydrogen) atoms. The highest BCUT2D eigenvalue weighted by Crippen LogP contribution is 2.28. The first-order valence-corrected chi connectivity index (χ1v) is 6.93. The molecular formula is C10H16N4O4S. The molecule has 0 saturated heterocycles. The minimum Gasteiger partial charge on any atom is -0.480 e. The number of nitrogens with one attached hydrogen (secondary N) is 1.